The molecule has 0 bridgehead atoms. The zero-order valence-electron chi connectivity index (χ0n) is 15.7. The number of amides is 1. The molecule has 1 aliphatic carbocycles. The van der Waals surface area contributed by atoms with Gasteiger partial charge in [-0.3, -0.25) is 9.79 Å². The molecule has 1 aromatic rings. The molecule has 0 saturated heterocycles. The van der Waals surface area contributed by atoms with Crippen LogP contribution >= 0.6 is 0 Å². The molecule has 7 heteroatoms. The fourth-order valence-electron chi connectivity index (χ4n) is 2.63. The minimum Gasteiger partial charge on any atom is -0.494 e. The minimum absolute atomic E-state index is 0.167. The highest BCUT2D eigenvalue weighted by molar-refractivity contribution is 5.94. The molecule has 0 aliphatic heterocycles. The van der Waals surface area contributed by atoms with Crippen molar-refractivity contribution in [3.63, 3.8) is 0 Å². The first kappa shape index (κ1) is 19.9. The molecule has 1 fully saturated rings. The average Bonchev–Trinajstić information content (AvgIpc) is 2.55. The van der Waals surface area contributed by atoms with E-state index in [1.807, 2.05) is 32.0 Å². The average molecular weight is 362 g/mol. The van der Waals surface area contributed by atoms with Gasteiger partial charge in [0.05, 0.1) is 18.9 Å². The quantitative estimate of drug-likeness (QED) is 0.337. The van der Waals surface area contributed by atoms with Crippen LogP contribution in [0.5, 0.6) is 11.5 Å². The van der Waals surface area contributed by atoms with E-state index in [0.717, 1.165) is 30.7 Å². The zero-order valence-corrected chi connectivity index (χ0v) is 15.7. The maximum Gasteiger partial charge on any atom is 0.223 e. The van der Waals surface area contributed by atoms with Gasteiger partial charge in [-0.1, -0.05) is 6.42 Å². The Labute approximate surface area is 155 Å². The Kier molecular flexibility index (Phi) is 8.05. The molecule has 0 atom stereocenters. The fourth-order valence-corrected chi connectivity index (χ4v) is 2.63. The number of rotatable bonds is 10. The van der Waals surface area contributed by atoms with E-state index in [9.17, 15) is 4.79 Å². The van der Waals surface area contributed by atoms with Gasteiger partial charge < -0.3 is 25.8 Å². The maximum atomic E-state index is 11.7. The maximum absolute atomic E-state index is 11.7. The standard InChI is InChI=1S/C19H30N4O3/c1-3-25-15-9-10-17(26-4-2)16(13-15)23-19(20)22-12-6-11-21-18(24)14-7-5-8-14/h9-10,13-14H,3-8,11-12H2,1-2H3,(H,21,24)(H3,20,22,23). The summed E-state index contributed by atoms with van der Waals surface area (Å²) in [4.78, 5) is 16.0. The normalized spacial score (nSPS) is 14.5. The van der Waals surface area contributed by atoms with E-state index >= 15 is 0 Å². The van der Waals surface area contributed by atoms with Gasteiger partial charge in [-0.05, 0) is 45.2 Å². The molecule has 7 nitrogen and oxygen atoms in total. The molecule has 144 valence electrons. The van der Waals surface area contributed by atoms with Crippen molar-refractivity contribution in [3.8, 4) is 11.5 Å². The van der Waals surface area contributed by atoms with E-state index in [1.54, 1.807) is 0 Å². The van der Waals surface area contributed by atoms with E-state index in [1.165, 1.54) is 6.42 Å². The lowest BCUT2D eigenvalue weighted by atomic mass is 9.85. The Hall–Kier alpha value is -2.44. The highest BCUT2D eigenvalue weighted by atomic mass is 16.5. The zero-order chi connectivity index (χ0) is 18.8. The van der Waals surface area contributed by atoms with Crippen LogP contribution < -0.4 is 25.8 Å². The van der Waals surface area contributed by atoms with Gasteiger partial charge in [0.25, 0.3) is 0 Å². The summed E-state index contributed by atoms with van der Waals surface area (Å²) >= 11 is 0. The van der Waals surface area contributed by atoms with Crippen LogP contribution in [0.2, 0.25) is 0 Å². The second kappa shape index (κ2) is 10.5. The number of anilines is 1. The van der Waals surface area contributed by atoms with Crippen molar-refractivity contribution in [1.29, 1.82) is 0 Å². The molecule has 0 spiro atoms. The molecular formula is C19H30N4O3. The molecule has 0 radical (unpaired) electrons. The van der Waals surface area contributed by atoms with Gasteiger partial charge in [0.2, 0.25) is 5.91 Å². The lowest BCUT2D eigenvalue weighted by Gasteiger charge is -2.23. The molecule has 0 unspecified atom stereocenters. The summed E-state index contributed by atoms with van der Waals surface area (Å²) in [5.74, 6) is 2.14. The highest BCUT2D eigenvalue weighted by Crippen LogP contribution is 2.29. The van der Waals surface area contributed by atoms with Crippen molar-refractivity contribution in [1.82, 2.24) is 5.32 Å². The summed E-state index contributed by atoms with van der Waals surface area (Å²) in [6.07, 6.45) is 3.95. The number of ether oxygens (including phenoxy) is 2. The topological polar surface area (TPSA) is 98.0 Å². The largest absolute Gasteiger partial charge is 0.494 e. The summed E-state index contributed by atoms with van der Waals surface area (Å²) in [6, 6.07) is 5.55. The number of nitrogens with two attached hydrogens (primary N) is 1. The Morgan fingerprint density at radius 3 is 2.69 bits per heavy atom. The van der Waals surface area contributed by atoms with Crippen molar-refractivity contribution in [3.05, 3.63) is 18.2 Å². The van der Waals surface area contributed by atoms with E-state index < -0.39 is 0 Å². The minimum atomic E-state index is 0.167. The van der Waals surface area contributed by atoms with E-state index in [4.69, 9.17) is 15.2 Å². The molecule has 4 N–H and O–H groups in total. The van der Waals surface area contributed by atoms with E-state index in [-0.39, 0.29) is 11.8 Å². The van der Waals surface area contributed by atoms with Crippen LogP contribution in [0.3, 0.4) is 0 Å². The third-order valence-electron chi connectivity index (χ3n) is 4.22. The number of guanidine groups is 1. The Morgan fingerprint density at radius 2 is 2.04 bits per heavy atom. The Balaban J connectivity index is 1.80. The second-order valence-corrected chi connectivity index (χ2v) is 6.19. The molecular weight excluding hydrogens is 332 g/mol. The Bertz CT molecular complexity index is 615. The third kappa shape index (κ3) is 6.13. The molecule has 1 amide bonds. The van der Waals surface area contributed by atoms with Crippen LogP contribution in [0, 0.1) is 5.92 Å². The summed E-state index contributed by atoms with van der Waals surface area (Å²) in [6.45, 7) is 6.16. The smallest absolute Gasteiger partial charge is 0.223 e. The monoisotopic (exact) mass is 362 g/mol. The molecule has 0 aromatic heterocycles. The first-order valence-corrected chi connectivity index (χ1v) is 9.38. The van der Waals surface area contributed by atoms with E-state index in [2.05, 4.69) is 15.6 Å². The number of hydrogen-bond acceptors (Lipinski definition) is 4. The van der Waals surface area contributed by atoms with Crippen molar-refractivity contribution < 1.29 is 14.3 Å². The Morgan fingerprint density at radius 1 is 1.27 bits per heavy atom. The SMILES string of the molecule is CCOc1ccc(OCC)c(NC(N)=NCCCNC(=O)C2CCC2)c1. The number of carbonyl (C=O) groups excluding carboxylic acids is 1. The van der Waals surface area contributed by atoms with Crippen LogP contribution in [0.4, 0.5) is 5.69 Å². The summed E-state index contributed by atoms with van der Waals surface area (Å²) in [5, 5.41) is 6.02. The number of hydrogen-bond donors (Lipinski definition) is 3. The van der Waals surface area contributed by atoms with Gasteiger partial charge in [0.1, 0.15) is 11.5 Å². The summed E-state index contributed by atoms with van der Waals surface area (Å²) in [5.41, 5.74) is 6.69. The molecule has 1 saturated carbocycles. The van der Waals surface area contributed by atoms with Crippen molar-refractivity contribution in [2.75, 3.05) is 31.6 Å². The van der Waals surface area contributed by atoms with Crippen LogP contribution in [-0.4, -0.2) is 38.2 Å². The number of aliphatic imine (C=N–C) groups is 1. The van der Waals surface area contributed by atoms with Crippen LogP contribution in [0.15, 0.2) is 23.2 Å². The lowest BCUT2D eigenvalue weighted by Crippen LogP contribution is -2.35. The third-order valence-corrected chi connectivity index (χ3v) is 4.22. The van der Waals surface area contributed by atoms with Crippen LogP contribution in [0.25, 0.3) is 0 Å². The van der Waals surface area contributed by atoms with Crippen molar-refractivity contribution in [2.24, 2.45) is 16.6 Å². The number of nitrogens with one attached hydrogen (secondary N) is 2. The number of carbonyl (C=O) groups is 1. The molecule has 1 aliphatic rings. The van der Waals surface area contributed by atoms with Gasteiger partial charge in [-0.25, -0.2) is 0 Å². The van der Waals surface area contributed by atoms with Gasteiger partial charge in [0.15, 0.2) is 5.96 Å². The number of benzene rings is 1. The van der Waals surface area contributed by atoms with Gasteiger partial charge in [-0.15, -0.1) is 0 Å². The predicted octanol–water partition coefficient (Wildman–Crippen LogP) is 2.52. The molecule has 1 aromatic carbocycles. The molecule has 26 heavy (non-hydrogen) atoms. The molecule has 2 rings (SSSR count). The number of nitrogens with zero attached hydrogens (tertiary/aromatic N) is 1. The fraction of sp³-hybridized carbons (Fsp3) is 0.579. The molecule has 0 heterocycles. The highest BCUT2D eigenvalue weighted by Gasteiger charge is 2.24. The summed E-state index contributed by atoms with van der Waals surface area (Å²) < 4.78 is 11.1. The van der Waals surface area contributed by atoms with Crippen LogP contribution in [-0.2, 0) is 4.79 Å². The van der Waals surface area contributed by atoms with E-state index in [0.29, 0.717) is 38.0 Å². The van der Waals surface area contributed by atoms with Gasteiger partial charge in [0, 0.05) is 25.1 Å². The van der Waals surface area contributed by atoms with Gasteiger partial charge in [-0.2, -0.15) is 0 Å². The summed E-state index contributed by atoms with van der Waals surface area (Å²) in [7, 11) is 0. The predicted molar refractivity (Wildman–Crippen MR) is 104 cm³/mol. The first-order valence-electron chi connectivity index (χ1n) is 9.38. The van der Waals surface area contributed by atoms with Crippen molar-refractivity contribution >= 4 is 17.6 Å². The van der Waals surface area contributed by atoms with Gasteiger partial charge >= 0.3 is 0 Å². The second-order valence-electron chi connectivity index (χ2n) is 6.19. The van der Waals surface area contributed by atoms with Crippen molar-refractivity contribution in [2.45, 2.75) is 39.5 Å². The van der Waals surface area contributed by atoms with Crippen LogP contribution in [0.1, 0.15) is 39.5 Å². The first-order chi connectivity index (χ1) is 12.6. The lowest BCUT2D eigenvalue weighted by molar-refractivity contribution is -0.127.